The van der Waals surface area contributed by atoms with Crippen LogP contribution in [0, 0.1) is 6.92 Å². The van der Waals surface area contributed by atoms with Crippen molar-refractivity contribution in [2.24, 2.45) is 5.10 Å². The molecule has 0 aliphatic rings. The number of aryl methyl sites for hydroxylation is 1. The van der Waals surface area contributed by atoms with Crippen LogP contribution in [0.25, 0.3) is 17.1 Å². The van der Waals surface area contributed by atoms with Gasteiger partial charge >= 0.3 is 0 Å². The van der Waals surface area contributed by atoms with Gasteiger partial charge in [0.25, 0.3) is 5.91 Å². The zero-order valence-corrected chi connectivity index (χ0v) is 21.0. The molecule has 0 unspecified atom stereocenters. The molecule has 1 amide bonds. The van der Waals surface area contributed by atoms with Crippen LogP contribution in [-0.2, 0) is 4.79 Å². The summed E-state index contributed by atoms with van der Waals surface area (Å²) in [7, 11) is 1.58. The van der Waals surface area contributed by atoms with Gasteiger partial charge in [-0.1, -0.05) is 29.5 Å². The summed E-state index contributed by atoms with van der Waals surface area (Å²) in [4.78, 5) is 16.6. The van der Waals surface area contributed by atoms with Crippen LogP contribution < -0.4 is 14.9 Å². The molecule has 0 fully saturated rings. The molecule has 0 aliphatic carbocycles. The van der Waals surface area contributed by atoms with E-state index in [1.165, 1.54) is 11.8 Å². The predicted molar refractivity (Wildman–Crippen MR) is 140 cm³/mol. The molecular formula is C26H26N6O3S. The van der Waals surface area contributed by atoms with Crippen LogP contribution in [0.15, 0.2) is 77.2 Å². The highest BCUT2D eigenvalue weighted by atomic mass is 32.2. The SMILES string of the molecule is CCOc1ccc(/C=N\NC(=O)CSc2nnc(-c3ccncc3)n2-c2ccc(C)cc2)cc1OC. The van der Waals surface area contributed by atoms with Crippen molar-refractivity contribution in [1.29, 1.82) is 0 Å². The van der Waals surface area contributed by atoms with Crippen molar-refractivity contribution in [3.05, 3.63) is 78.1 Å². The molecule has 0 aliphatic heterocycles. The summed E-state index contributed by atoms with van der Waals surface area (Å²) < 4.78 is 12.8. The lowest BCUT2D eigenvalue weighted by Gasteiger charge is -2.10. The first-order valence-corrected chi connectivity index (χ1v) is 12.3. The van der Waals surface area contributed by atoms with E-state index in [0.29, 0.717) is 29.1 Å². The molecule has 0 atom stereocenters. The monoisotopic (exact) mass is 502 g/mol. The number of pyridine rings is 1. The van der Waals surface area contributed by atoms with E-state index in [1.807, 2.05) is 60.9 Å². The van der Waals surface area contributed by atoms with E-state index in [4.69, 9.17) is 9.47 Å². The third-order valence-corrected chi connectivity index (χ3v) is 6.02. The molecule has 4 rings (SSSR count). The van der Waals surface area contributed by atoms with E-state index >= 15 is 0 Å². The molecule has 0 spiro atoms. The lowest BCUT2D eigenvalue weighted by Crippen LogP contribution is -2.20. The fourth-order valence-corrected chi connectivity index (χ4v) is 4.10. The smallest absolute Gasteiger partial charge is 0.250 e. The van der Waals surface area contributed by atoms with Crippen LogP contribution in [0.2, 0.25) is 0 Å². The van der Waals surface area contributed by atoms with Gasteiger partial charge in [0.1, 0.15) is 0 Å². The Balaban J connectivity index is 1.45. The number of hydrazone groups is 1. The van der Waals surface area contributed by atoms with Crippen molar-refractivity contribution >= 4 is 23.9 Å². The number of hydrogen-bond acceptors (Lipinski definition) is 8. The molecule has 10 heteroatoms. The largest absolute Gasteiger partial charge is 0.493 e. The van der Waals surface area contributed by atoms with Crippen LogP contribution in [-0.4, -0.2) is 51.3 Å². The number of nitrogens with one attached hydrogen (secondary N) is 1. The number of ether oxygens (including phenoxy) is 2. The van der Waals surface area contributed by atoms with Crippen molar-refractivity contribution in [3.63, 3.8) is 0 Å². The molecule has 4 aromatic rings. The van der Waals surface area contributed by atoms with Crippen LogP contribution in [0.1, 0.15) is 18.1 Å². The molecule has 0 saturated carbocycles. The minimum atomic E-state index is -0.266. The molecule has 184 valence electrons. The van der Waals surface area contributed by atoms with Gasteiger partial charge in [0.15, 0.2) is 22.5 Å². The van der Waals surface area contributed by atoms with E-state index in [1.54, 1.807) is 37.9 Å². The van der Waals surface area contributed by atoms with Crippen molar-refractivity contribution < 1.29 is 14.3 Å². The second kappa shape index (κ2) is 12.0. The second-order valence-corrected chi connectivity index (χ2v) is 8.58. The first-order valence-electron chi connectivity index (χ1n) is 11.3. The Bertz CT molecular complexity index is 1340. The third-order valence-electron chi connectivity index (χ3n) is 5.09. The topological polar surface area (TPSA) is 104 Å². The average Bonchev–Trinajstić information content (AvgIpc) is 3.33. The van der Waals surface area contributed by atoms with E-state index in [0.717, 1.165) is 22.4 Å². The quantitative estimate of drug-likeness (QED) is 0.196. The summed E-state index contributed by atoms with van der Waals surface area (Å²) >= 11 is 1.28. The van der Waals surface area contributed by atoms with Gasteiger partial charge in [0, 0.05) is 23.6 Å². The molecule has 2 aromatic carbocycles. The molecule has 2 aromatic heterocycles. The minimum Gasteiger partial charge on any atom is -0.493 e. The maximum absolute atomic E-state index is 12.5. The number of rotatable bonds is 10. The lowest BCUT2D eigenvalue weighted by atomic mass is 10.2. The van der Waals surface area contributed by atoms with Gasteiger partial charge in [-0.25, -0.2) is 5.43 Å². The standard InChI is InChI=1S/C26H26N6O3S/c1-4-35-22-10-7-19(15-23(22)34-3)16-28-29-24(33)17-36-26-31-30-25(20-11-13-27-14-12-20)32(26)21-8-5-18(2)6-9-21/h5-16H,4,17H2,1-3H3,(H,29,33)/b28-16-. The highest BCUT2D eigenvalue weighted by molar-refractivity contribution is 7.99. The van der Waals surface area contributed by atoms with Crippen molar-refractivity contribution in [3.8, 4) is 28.6 Å². The van der Waals surface area contributed by atoms with Gasteiger partial charge in [-0.3, -0.25) is 14.3 Å². The fourth-order valence-electron chi connectivity index (χ4n) is 3.36. The number of carbonyl (C=O) groups is 1. The first-order chi connectivity index (χ1) is 17.6. The Morgan fingerprint density at radius 2 is 1.86 bits per heavy atom. The summed E-state index contributed by atoms with van der Waals surface area (Å²) in [5.41, 5.74) is 6.26. The van der Waals surface area contributed by atoms with Crippen LogP contribution in [0.4, 0.5) is 0 Å². The Morgan fingerprint density at radius 1 is 1.08 bits per heavy atom. The highest BCUT2D eigenvalue weighted by Gasteiger charge is 2.17. The number of methoxy groups -OCH3 is 1. The third kappa shape index (κ3) is 6.08. The Kier molecular flexibility index (Phi) is 8.30. The number of nitrogens with zero attached hydrogens (tertiary/aromatic N) is 5. The van der Waals surface area contributed by atoms with Gasteiger partial charge < -0.3 is 9.47 Å². The minimum absolute atomic E-state index is 0.115. The maximum atomic E-state index is 12.5. The van der Waals surface area contributed by atoms with Gasteiger partial charge in [0.2, 0.25) is 0 Å². The number of benzene rings is 2. The van der Waals surface area contributed by atoms with Crippen molar-refractivity contribution in [2.75, 3.05) is 19.5 Å². The molecular weight excluding hydrogens is 476 g/mol. The first kappa shape index (κ1) is 24.9. The summed E-state index contributed by atoms with van der Waals surface area (Å²) in [6, 6.07) is 17.2. The van der Waals surface area contributed by atoms with E-state index in [9.17, 15) is 4.79 Å². The number of carbonyl (C=O) groups excluding carboxylic acids is 1. The summed E-state index contributed by atoms with van der Waals surface area (Å²) in [5.74, 6) is 1.78. The number of thioether (sulfide) groups is 1. The number of aromatic nitrogens is 4. The van der Waals surface area contributed by atoms with E-state index in [2.05, 4.69) is 25.7 Å². The van der Waals surface area contributed by atoms with Crippen LogP contribution in [0.5, 0.6) is 11.5 Å². The highest BCUT2D eigenvalue weighted by Crippen LogP contribution is 2.28. The maximum Gasteiger partial charge on any atom is 0.250 e. The summed E-state index contributed by atoms with van der Waals surface area (Å²) in [6.45, 7) is 4.48. The van der Waals surface area contributed by atoms with Crippen molar-refractivity contribution in [1.82, 2.24) is 25.2 Å². The second-order valence-electron chi connectivity index (χ2n) is 7.64. The molecule has 2 heterocycles. The average molecular weight is 503 g/mol. The number of hydrogen-bond donors (Lipinski definition) is 1. The fraction of sp³-hybridized carbons (Fsp3) is 0.192. The summed E-state index contributed by atoms with van der Waals surface area (Å²) in [5, 5.41) is 13.4. The van der Waals surface area contributed by atoms with Crippen LogP contribution in [0.3, 0.4) is 0 Å². The zero-order valence-electron chi connectivity index (χ0n) is 20.2. The van der Waals surface area contributed by atoms with Gasteiger partial charge in [-0.15, -0.1) is 10.2 Å². The van der Waals surface area contributed by atoms with E-state index in [-0.39, 0.29) is 11.7 Å². The summed E-state index contributed by atoms with van der Waals surface area (Å²) in [6.07, 6.45) is 4.97. The number of amides is 1. The normalized spacial score (nSPS) is 11.0. The van der Waals surface area contributed by atoms with E-state index < -0.39 is 0 Å². The molecule has 9 nitrogen and oxygen atoms in total. The van der Waals surface area contributed by atoms with Crippen LogP contribution >= 0.6 is 11.8 Å². The van der Waals surface area contributed by atoms with Gasteiger partial charge in [0.05, 0.1) is 25.7 Å². The molecule has 0 bridgehead atoms. The Labute approximate surface area is 213 Å². The van der Waals surface area contributed by atoms with Gasteiger partial charge in [-0.05, 0) is 61.9 Å². The Hall–Kier alpha value is -4.18. The lowest BCUT2D eigenvalue weighted by molar-refractivity contribution is -0.118. The molecule has 36 heavy (non-hydrogen) atoms. The Morgan fingerprint density at radius 3 is 2.58 bits per heavy atom. The molecule has 1 N–H and O–H groups in total. The molecule has 0 radical (unpaired) electrons. The van der Waals surface area contributed by atoms with Gasteiger partial charge in [-0.2, -0.15) is 5.10 Å². The van der Waals surface area contributed by atoms with Crippen molar-refractivity contribution in [2.45, 2.75) is 19.0 Å². The molecule has 0 saturated heterocycles. The zero-order chi connectivity index (χ0) is 25.3. The predicted octanol–water partition coefficient (Wildman–Crippen LogP) is 4.29.